The van der Waals surface area contributed by atoms with Crippen molar-refractivity contribution >= 4 is 43.9 Å². The van der Waals surface area contributed by atoms with Crippen molar-refractivity contribution < 1.29 is 22.8 Å². The molecule has 1 aliphatic rings. The van der Waals surface area contributed by atoms with E-state index in [0.717, 1.165) is 21.5 Å². The van der Waals surface area contributed by atoms with Crippen LogP contribution in [0.15, 0.2) is 41.8 Å². The highest BCUT2D eigenvalue weighted by molar-refractivity contribution is 7.27. The summed E-state index contributed by atoms with van der Waals surface area (Å²) in [6.07, 6.45) is -3.91. The van der Waals surface area contributed by atoms with Crippen molar-refractivity contribution in [3.8, 4) is 0 Å². The number of thiophene rings is 2. The van der Waals surface area contributed by atoms with Crippen molar-refractivity contribution in [1.29, 1.82) is 0 Å². The van der Waals surface area contributed by atoms with Gasteiger partial charge in [-0.3, -0.25) is 9.59 Å². The normalized spacial score (nSPS) is 15.6. The molecule has 9 heteroatoms. The molecular formula is C20H17F3N2O2S2. The number of carbonyl (C=O) groups excluding carboxylic acids is 2. The van der Waals surface area contributed by atoms with E-state index in [0.29, 0.717) is 37.5 Å². The highest BCUT2D eigenvalue weighted by Gasteiger charge is 2.31. The summed E-state index contributed by atoms with van der Waals surface area (Å²) in [6.45, 7) is 1.56. The van der Waals surface area contributed by atoms with Gasteiger partial charge in [0.05, 0.1) is 10.4 Å². The standard InChI is InChI=1S/C20H17F3N2O2S2/c21-20(22,23)14-4-1-3-13(11-14)18(26)24-6-2-7-25(9-8-24)19(27)17-12-16-15(29-17)5-10-28-16/h1,3-5,10-12H,2,6-9H2. The SMILES string of the molecule is O=C(c1cccc(C(F)(F)F)c1)N1CCCN(C(=O)c2cc3sccc3s2)CC1. The smallest absolute Gasteiger partial charge is 0.337 e. The van der Waals surface area contributed by atoms with Gasteiger partial charge in [-0.25, -0.2) is 0 Å². The first kappa shape index (κ1) is 19.9. The molecule has 0 aliphatic carbocycles. The second-order valence-electron chi connectivity index (χ2n) is 6.78. The van der Waals surface area contributed by atoms with Gasteiger partial charge in [0.2, 0.25) is 0 Å². The lowest BCUT2D eigenvalue weighted by Crippen LogP contribution is -2.37. The second kappa shape index (κ2) is 7.79. The zero-order chi connectivity index (χ0) is 20.6. The number of nitrogens with zero attached hydrogens (tertiary/aromatic N) is 2. The van der Waals surface area contributed by atoms with Gasteiger partial charge in [0.15, 0.2) is 0 Å². The average Bonchev–Trinajstić information content (AvgIpc) is 3.21. The van der Waals surface area contributed by atoms with Crippen LogP contribution >= 0.6 is 22.7 Å². The van der Waals surface area contributed by atoms with E-state index >= 15 is 0 Å². The van der Waals surface area contributed by atoms with Crippen LogP contribution in [0.2, 0.25) is 0 Å². The number of hydrogen-bond donors (Lipinski definition) is 0. The zero-order valence-electron chi connectivity index (χ0n) is 15.2. The number of hydrogen-bond acceptors (Lipinski definition) is 4. The molecule has 0 N–H and O–H groups in total. The van der Waals surface area contributed by atoms with Crippen LogP contribution in [0.5, 0.6) is 0 Å². The first-order chi connectivity index (χ1) is 13.8. The van der Waals surface area contributed by atoms with Crippen molar-refractivity contribution in [2.45, 2.75) is 12.6 Å². The monoisotopic (exact) mass is 438 g/mol. The minimum atomic E-state index is -4.49. The molecule has 0 radical (unpaired) electrons. The third-order valence-corrected chi connectivity index (χ3v) is 6.94. The summed E-state index contributed by atoms with van der Waals surface area (Å²) >= 11 is 3.04. The minimum Gasteiger partial charge on any atom is -0.337 e. The van der Waals surface area contributed by atoms with Gasteiger partial charge >= 0.3 is 6.18 Å². The van der Waals surface area contributed by atoms with E-state index in [1.807, 2.05) is 17.5 Å². The van der Waals surface area contributed by atoms with Crippen LogP contribution < -0.4 is 0 Å². The van der Waals surface area contributed by atoms with Gasteiger partial charge in [0.1, 0.15) is 0 Å². The molecule has 29 heavy (non-hydrogen) atoms. The third-order valence-electron chi connectivity index (χ3n) is 4.86. The minimum absolute atomic E-state index is 0.0121. The fraction of sp³-hybridized carbons (Fsp3) is 0.300. The lowest BCUT2D eigenvalue weighted by molar-refractivity contribution is -0.137. The van der Waals surface area contributed by atoms with Gasteiger partial charge in [-0.15, -0.1) is 22.7 Å². The molecule has 1 aliphatic heterocycles. The number of halogens is 3. The van der Waals surface area contributed by atoms with Crippen molar-refractivity contribution in [3.63, 3.8) is 0 Å². The van der Waals surface area contributed by atoms with Crippen LogP contribution in [0, 0.1) is 0 Å². The van der Waals surface area contributed by atoms with Crippen LogP contribution in [0.4, 0.5) is 13.2 Å². The molecule has 3 heterocycles. The Hall–Kier alpha value is -2.39. The van der Waals surface area contributed by atoms with Crippen LogP contribution in [0.25, 0.3) is 9.40 Å². The number of alkyl halides is 3. The Morgan fingerprint density at radius 3 is 2.31 bits per heavy atom. The maximum Gasteiger partial charge on any atom is 0.416 e. The average molecular weight is 438 g/mol. The van der Waals surface area contributed by atoms with E-state index in [-0.39, 0.29) is 11.5 Å². The van der Waals surface area contributed by atoms with Crippen LogP contribution in [-0.4, -0.2) is 47.8 Å². The Morgan fingerprint density at radius 1 is 0.897 bits per heavy atom. The largest absolute Gasteiger partial charge is 0.416 e. The van der Waals surface area contributed by atoms with E-state index in [1.54, 1.807) is 16.2 Å². The van der Waals surface area contributed by atoms with Gasteiger partial charge in [-0.1, -0.05) is 6.07 Å². The van der Waals surface area contributed by atoms with Gasteiger partial charge in [0.25, 0.3) is 11.8 Å². The molecule has 2 amide bonds. The Morgan fingerprint density at radius 2 is 1.62 bits per heavy atom. The number of rotatable bonds is 2. The van der Waals surface area contributed by atoms with Crippen molar-refractivity contribution in [2.24, 2.45) is 0 Å². The number of benzene rings is 1. The molecule has 4 nitrogen and oxygen atoms in total. The summed E-state index contributed by atoms with van der Waals surface area (Å²) in [5.41, 5.74) is -0.828. The quantitative estimate of drug-likeness (QED) is 0.567. The number of amides is 2. The molecule has 0 spiro atoms. The number of carbonyl (C=O) groups is 2. The summed E-state index contributed by atoms with van der Waals surface area (Å²) in [7, 11) is 0. The maximum atomic E-state index is 12.9. The van der Waals surface area contributed by atoms with E-state index in [4.69, 9.17) is 0 Å². The highest BCUT2D eigenvalue weighted by atomic mass is 32.1. The van der Waals surface area contributed by atoms with Crippen LogP contribution in [0.1, 0.15) is 32.0 Å². The second-order valence-corrected chi connectivity index (χ2v) is 8.81. The molecule has 2 aromatic heterocycles. The van der Waals surface area contributed by atoms with E-state index in [9.17, 15) is 22.8 Å². The lowest BCUT2D eigenvalue weighted by Gasteiger charge is -2.22. The Kier molecular flexibility index (Phi) is 5.35. The summed E-state index contributed by atoms with van der Waals surface area (Å²) in [5, 5.41) is 1.98. The maximum absolute atomic E-state index is 12.9. The van der Waals surface area contributed by atoms with Gasteiger partial charge < -0.3 is 9.80 Å². The molecular weight excluding hydrogens is 421 g/mol. The molecule has 0 bridgehead atoms. The van der Waals surface area contributed by atoms with Crippen LogP contribution in [0.3, 0.4) is 0 Å². The van der Waals surface area contributed by atoms with Gasteiger partial charge in [-0.05, 0) is 42.1 Å². The molecule has 152 valence electrons. The van der Waals surface area contributed by atoms with Crippen LogP contribution in [-0.2, 0) is 6.18 Å². The molecule has 0 atom stereocenters. The molecule has 1 aromatic carbocycles. The third kappa shape index (κ3) is 4.16. The Bertz CT molecular complexity index is 1030. The van der Waals surface area contributed by atoms with E-state index in [2.05, 4.69) is 0 Å². The molecule has 1 saturated heterocycles. The topological polar surface area (TPSA) is 40.6 Å². The molecule has 0 saturated carbocycles. The highest BCUT2D eigenvalue weighted by Crippen LogP contribution is 2.31. The van der Waals surface area contributed by atoms with E-state index < -0.39 is 17.6 Å². The van der Waals surface area contributed by atoms with Gasteiger partial charge in [0, 0.05) is 41.1 Å². The van der Waals surface area contributed by atoms with Gasteiger partial charge in [-0.2, -0.15) is 13.2 Å². The summed E-state index contributed by atoms with van der Waals surface area (Å²) in [5.74, 6) is -0.506. The zero-order valence-corrected chi connectivity index (χ0v) is 16.9. The molecule has 0 unspecified atom stereocenters. The lowest BCUT2D eigenvalue weighted by atomic mass is 10.1. The Labute approximate surface area is 173 Å². The van der Waals surface area contributed by atoms with Crippen molar-refractivity contribution in [1.82, 2.24) is 9.80 Å². The first-order valence-corrected chi connectivity index (χ1v) is 10.8. The summed E-state index contributed by atoms with van der Waals surface area (Å²) in [6, 6.07) is 8.35. The van der Waals surface area contributed by atoms with Crippen molar-refractivity contribution in [3.05, 3.63) is 57.8 Å². The summed E-state index contributed by atoms with van der Waals surface area (Å²) < 4.78 is 40.9. The van der Waals surface area contributed by atoms with Crippen molar-refractivity contribution in [2.75, 3.05) is 26.2 Å². The first-order valence-electron chi connectivity index (χ1n) is 9.06. The fourth-order valence-corrected chi connectivity index (χ4v) is 5.44. The predicted molar refractivity (Wildman–Crippen MR) is 108 cm³/mol. The fourth-order valence-electron chi connectivity index (χ4n) is 3.36. The summed E-state index contributed by atoms with van der Waals surface area (Å²) in [4.78, 5) is 29.5. The van der Waals surface area contributed by atoms with E-state index in [1.165, 1.54) is 28.4 Å². The Balaban J connectivity index is 1.45. The molecule has 3 aromatic rings. The predicted octanol–water partition coefficient (Wildman–Crippen LogP) is 4.97. The number of fused-ring (bicyclic) bond motifs is 1. The molecule has 1 fully saturated rings. The molecule has 4 rings (SSSR count).